The fourth-order valence-electron chi connectivity index (χ4n) is 1.59. The number of aromatic nitrogens is 1. The average Bonchev–Trinajstić information content (AvgIpc) is 2.42. The molecule has 1 heterocycles. The van der Waals surface area contributed by atoms with Crippen molar-refractivity contribution in [2.45, 2.75) is 6.42 Å². The SMILES string of the molecule is COc1ccc(CC(=O)c2ccc(F)c(F)c2)cn1. The number of nitrogens with zero attached hydrogens (tertiary/aromatic N) is 1. The maximum absolute atomic E-state index is 13.0. The van der Waals surface area contributed by atoms with Crippen molar-refractivity contribution in [3.05, 3.63) is 59.3 Å². The lowest BCUT2D eigenvalue weighted by atomic mass is 10.0. The van der Waals surface area contributed by atoms with Gasteiger partial charge in [0.1, 0.15) is 0 Å². The molecule has 0 saturated heterocycles. The number of methoxy groups -OCH3 is 1. The van der Waals surface area contributed by atoms with Gasteiger partial charge in [-0.1, -0.05) is 6.07 Å². The fourth-order valence-corrected chi connectivity index (χ4v) is 1.59. The molecule has 1 aromatic heterocycles. The van der Waals surface area contributed by atoms with Gasteiger partial charge in [0.25, 0.3) is 0 Å². The van der Waals surface area contributed by atoms with Crippen molar-refractivity contribution in [2.24, 2.45) is 0 Å². The Morgan fingerprint density at radius 3 is 2.58 bits per heavy atom. The van der Waals surface area contributed by atoms with E-state index >= 15 is 0 Å². The number of hydrogen-bond acceptors (Lipinski definition) is 3. The third-order valence-corrected chi connectivity index (χ3v) is 2.61. The standard InChI is InChI=1S/C14H11F2NO2/c1-19-14-5-2-9(8-17-14)6-13(18)10-3-4-11(15)12(16)7-10/h2-5,7-8H,6H2,1H3. The molecule has 5 heteroatoms. The van der Waals surface area contributed by atoms with E-state index < -0.39 is 11.6 Å². The first-order valence-corrected chi connectivity index (χ1v) is 5.57. The van der Waals surface area contributed by atoms with E-state index in [2.05, 4.69) is 4.98 Å². The summed E-state index contributed by atoms with van der Waals surface area (Å²) in [5.41, 5.74) is 0.810. The van der Waals surface area contributed by atoms with Crippen molar-refractivity contribution in [2.75, 3.05) is 7.11 Å². The van der Waals surface area contributed by atoms with Gasteiger partial charge in [0.2, 0.25) is 5.88 Å². The van der Waals surface area contributed by atoms with Crippen molar-refractivity contribution in [3.63, 3.8) is 0 Å². The maximum atomic E-state index is 13.0. The minimum Gasteiger partial charge on any atom is -0.481 e. The Morgan fingerprint density at radius 2 is 2.00 bits per heavy atom. The normalized spacial score (nSPS) is 10.3. The van der Waals surface area contributed by atoms with Crippen LogP contribution >= 0.6 is 0 Å². The summed E-state index contributed by atoms with van der Waals surface area (Å²) in [5.74, 6) is -1.85. The summed E-state index contributed by atoms with van der Waals surface area (Å²) in [6.45, 7) is 0. The highest BCUT2D eigenvalue weighted by atomic mass is 19.2. The zero-order chi connectivity index (χ0) is 13.8. The first-order chi connectivity index (χ1) is 9.10. The number of carbonyl (C=O) groups excluding carboxylic acids is 1. The Morgan fingerprint density at radius 1 is 1.21 bits per heavy atom. The molecule has 0 aliphatic carbocycles. The quantitative estimate of drug-likeness (QED) is 0.796. The second kappa shape index (κ2) is 5.56. The summed E-state index contributed by atoms with van der Waals surface area (Å²) in [6, 6.07) is 6.43. The first kappa shape index (κ1) is 13.1. The molecule has 1 aromatic carbocycles. The Balaban J connectivity index is 2.13. The number of hydrogen-bond donors (Lipinski definition) is 0. The number of benzene rings is 1. The van der Waals surface area contributed by atoms with Crippen LogP contribution < -0.4 is 4.74 Å². The molecular weight excluding hydrogens is 252 g/mol. The predicted octanol–water partition coefficient (Wildman–Crippen LogP) is 2.79. The van der Waals surface area contributed by atoms with Crippen LogP contribution in [0.2, 0.25) is 0 Å². The van der Waals surface area contributed by atoms with Crippen LogP contribution in [0.25, 0.3) is 0 Å². The molecule has 0 N–H and O–H groups in total. The van der Waals surface area contributed by atoms with Crippen LogP contribution in [0.4, 0.5) is 8.78 Å². The summed E-state index contributed by atoms with van der Waals surface area (Å²) < 4.78 is 30.7. The van der Waals surface area contributed by atoms with E-state index in [0.717, 1.165) is 12.1 Å². The van der Waals surface area contributed by atoms with Gasteiger partial charge in [-0.15, -0.1) is 0 Å². The predicted molar refractivity (Wildman–Crippen MR) is 65.2 cm³/mol. The number of pyridine rings is 1. The van der Waals surface area contributed by atoms with Gasteiger partial charge in [0.05, 0.1) is 7.11 Å². The molecule has 0 bridgehead atoms. The number of rotatable bonds is 4. The van der Waals surface area contributed by atoms with Crippen LogP contribution in [0.3, 0.4) is 0 Å². The highest BCUT2D eigenvalue weighted by molar-refractivity contribution is 5.97. The van der Waals surface area contributed by atoms with Crippen molar-refractivity contribution < 1.29 is 18.3 Å². The molecule has 0 unspecified atom stereocenters. The minimum absolute atomic E-state index is 0.0715. The lowest BCUT2D eigenvalue weighted by molar-refractivity contribution is 0.0992. The molecule has 0 fully saturated rings. The maximum Gasteiger partial charge on any atom is 0.212 e. The van der Waals surface area contributed by atoms with Gasteiger partial charge >= 0.3 is 0 Å². The van der Waals surface area contributed by atoms with Crippen LogP contribution in [-0.2, 0) is 6.42 Å². The second-order valence-electron chi connectivity index (χ2n) is 3.94. The van der Waals surface area contributed by atoms with Gasteiger partial charge in [-0.3, -0.25) is 4.79 Å². The van der Waals surface area contributed by atoms with Gasteiger partial charge in [-0.25, -0.2) is 13.8 Å². The zero-order valence-electron chi connectivity index (χ0n) is 10.2. The van der Waals surface area contributed by atoms with Gasteiger partial charge in [-0.2, -0.15) is 0 Å². The third-order valence-electron chi connectivity index (χ3n) is 2.61. The van der Waals surface area contributed by atoms with Gasteiger partial charge in [0.15, 0.2) is 17.4 Å². The monoisotopic (exact) mass is 263 g/mol. The molecule has 0 aliphatic rings. The molecule has 19 heavy (non-hydrogen) atoms. The van der Waals surface area contributed by atoms with Crippen LogP contribution in [0.15, 0.2) is 36.5 Å². The van der Waals surface area contributed by atoms with Crippen molar-refractivity contribution in [3.8, 4) is 5.88 Å². The van der Waals surface area contributed by atoms with Gasteiger partial charge in [-0.05, 0) is 23.8 Å². The molecular formula is C14H11F2NO2. The number of carbonyl (C=O) groups is 1. The highest BCUT2D eigenvalue weighted by Gasteiger charge is 2.10. The third kappa shape index (κ3) is 3.13. The van der Waals surface area contributed by atoms with E-state index in [9.17, 15) is 13.6 Å². The first-order valence-electron chi connectivity index (χ1n) is 5.57. The highest BCUT2D eigenvalue weighted by Crippen LogP contribution is 2.13. The molecule has 0 atom stereocenters. The summed E-state index contributed by atoms with van der Waals surface area (Å²) in [6.07, 6.45) is 1.58. The summed E-state index contributed by atoms with van der Waals surface area (Å²) in [5, 5.41) is 0. The number of Topliss-reactive ketones (excluding diaryl/α,β-unsaturated/α-hetero) is 1. The largest absolute Gasteiger partial charge is 0.481 e. The molecule has 2 rings (SSSR count). The van der Waals surface area contributed by atoms with Crippen LogP contribution in [-0.4, -0.2) is 17.9 Å². The molecule has 0 saturated carbocycles. The molecule has 3 nitrogen and oxygen atoms in total. The topological polar surface area (TPSA) is 39.2 Å². The Kier molecular flexibility index (Phi) is 3.85. The average molecular weight is 263 g/mol. The lowest BCUT2D eigenvalue weighted by Crippen LogP contribution is -2.05. The van der Waals surface area contributed by atoms with E-state index in [1.165, 1.54) is 19.4 Å². The van der Waals surface area contributed by atoms with Crippen LogP contribution in [0.1, 0.15) is 15.9 Å². The van der Waals surface area contributed by atoms with Crippen LogP contribution in [0.5, 0.6) is 5.88 Å². The Hall–Kier alpha value is -2.30. The summed E-state index contributed by atoms with van der Waals surface area (Å²) in [4.78, 5) is 15.9. The Labute approximate surface area is 108 Å². The second-order valence-corrected chi connectivity index (χ2v) is 3.94. The van der Waals surface area contributed by atoms with Crippen molar-refractivity contribution in [1.82, 2.24) is 4.98 Å². The van der Waals surface area contributed by atoms with Crippen molar-refractivity contribution >= 4 is 5.78 Å². The summed E-state index contributed by atoms with van der Waals surface area (Å²) in [7, 11) is 1.49. The van der Waals surface area contributed by atoms with E-state index in [1.807, 2.05) is 0 Å². The van der Waals surface area contributed by atoms with Gasteiger partial charge < -0.3 is 4.74 Å². The molecule has 0 amide bonds. The van der Waals surface area contributed by atoms with E-state index in [-0.39, 0.29) is 17.8 Å². The molecule has 0 aliphatic heterocycles. The molecule has 98 valence electrons. The lowest BCUT2D eigenvalue weighted by Gasteiger charge is -2.03. The number of ether oxygens (including phenoxy) is 1. The molecule has 0 spiro atoms. The van der Waals surface area contributed by atoms with E-state index in [4.69, 9.17) is 4.74 Å². The van der Waals surface area contributed by atoms with E-state index in [1.54, 1.807) is 12.1 Å². The minimum atomic E-state index is -1.03. The zero-order valence-corrected chi connectivity index (χ0v) is 10.2. The Bertz CT molecular complexity index is 597. The molecule has 0 radical (unpaired) electrons. The van der Waals surface area contributed by atoms with Crippen LogP contribution in [0, 0.1) is 11.6 Å². The summed E-state index contributed by atoms with van der Waals surface area (Å²) >= 11 is 0. The van der Waals surface area contributed by atoms with Gasteiger partial charge in [0, 0.05) is 24.2 Å². The molecule has 2 aromatic rings. The fraction of sp³-hybridized carbons (Fsp3) is 0.143. The smallest absolute Gasteiger partial charge is 0.212 e. The van der Waals surface area contributed by atoms with E-state index in [0.29, 0.717) is 11.4 Å². The number of halogens is 2. The number of ketones is 1. The van der Waals surface area contributed by atoms with Crippen molar-refractivity contribution in [1.29, 1.82) is 0 Å².